The number of benzene rings is 1. The van der Waals surface area contributed by atoms with E-state index in [1.807, 2.05) is 31.2 Å². The predicted octanol–water partition coefficient (Wildman–Crippen LogP) is 1.95. The Bertz CT molecular complexity index is 393. The molecule has 0 aromatic heterocycles. The van der Waals surface area contributed by atoms with Crippen molar-refractivity contribution >= 4 is 34.6 Å². The van der Waals surface area contributed by atoms with Crippen LogP contribution in [-0.2, 0) is 4.79 Å². The van der Waals surface area contributed by atoms with E-state index >= 15 is 0 Å². The van der Waals surface area contributed by atoms with E-state index in [2.05, 4.69) is 16.0 Å². The lowest BCUT2D eigenvalue weighted by Crippen LogP contribution is -2.28. The summed E-state index contributed by atoms with van der Waals surface area (Å²) in [5, 5.41) is 9.28. The number of rotatable bonds is 3. The summed E-state index contributed by atoms with van der Waals surface area (Å²) in [5.41, 5.74) is 1.50. The molecule has 0 aliphatic heterocycles. The fourth-order valence-corrected chi connectivity index (χ4v) is 1.47. The number of carbonyl (C=O) groups is 1. The van der Waals surface area contributed by atoms with E-state index in [1.54, 1.807) is 0 Å². The van der Waals surface area contributed by atoms with Gasteiger partial charge in [0, 0.05) is 13.5 Å². The van der Waals surface area contributed by atoms with Gasteiger partial charge in [0.25, 0.3) is 0 Å². The SMILES string of the molecule is CCNC(=S)Nc1ccccc1NC(C)=O. The van der Waals surface area contributed by atoms with Crippen LogP contribution in [0.4, 0.5) is 11.4 Å². The highest BCUT2D eigenvalue weighted by molar-refractivity contribution is 7.80. The quantitative estimate of drug-likeness (QED) is 0.703. The van der Waals surface area contributed by atoms with Gasteiger partial charge in [-0.25, -0.2) is 0 Å². The number of hydrogen-bond donors (Lipinski definition) is 3. The third kappa shape index (κ3) is 3.86. The molecule has 1 aromatic rings. The Morgan fingerprint density at radius 3 is 2.31 bits per heavy atom. The molecule has 0 aliphatic carbocycles. The topological polar surface area (TPSA) is 53.2 Å². The van der Waals surface area contributed by atoms with Crippen LogP contribution in [0.25, 0.3) is 0 Å². The minimum atomic E-state index is -0.108. The number of carbonyl (C=O) groups excluding carboxylic acids is 1. The van der Waals surface area contributed by atoms with Crippen molar-refractivity contribution in [3.63, 3.8) is 0 Å². The molecule has 16 heavy (non-hydrogen) atoms. The van der Waals surface area contributed by atoms with E-state index in [1.165, 1.54) is 6.92 Å². The fourth-order valence-electron chi connectivity index (χ4n) is 1.22. The van der Waals surface area contributed by atoms with Gasteiger partial charge in [0.05, 0.1) is 11.4 Å². The molecule has 86 valence electrons. The van der Waals surface area contributed by atoms with E-state index in [0.717, 1.165) is 17.9 Å². The number of para-hydroxylation sites is 2. The van der Waals surface area contributed by atoms with E-state index in [9.17, 15) is 4.79 Å². The molecule has 0 aliphatic rings. The van der Waals surface area contributed by atoms with Gasteiger partial charge in [-0.3, -0.25) is 4.79 Å². The van der Waals surface area contributed by atoms with Gasteiger partial charge in [-0.1, -0.05) is 12.1 Å². The summed E-state index contributed by atoms with van der Waals surface area (Å²) in [6.07, 6.45) is 0. The molecule has 0 atom stereocenters. The lowest BCUT2D eigenvalue weighted by molar-refractivity contribution is -0.114. The van der Waals surface area contributed by atoms with Gasteiger partial charge in [0.1, 0.15) is 0 Å². The molecule has 0 saturated carbocycles. The van der Waals surface area contributed by atoms with Crippen molar-refractivity contribution in [2.45, 2.75) is 13.8 Å². The van der Waals surface area contributed by atoms with Crippen molar-refractivity contribution in [1.29, 1.82) is 0 Å². The molecule has 0 unspecified atom stereocenters. The molecule has 0 heterocycles. The number of thiocarbonyl (C=S) groups is 1. The lowest BCUT2D eigenvalue weighted by atomic mass is 10.2. The molecular formula is C11H15N3OS. The van der Waals surface area contributed by atoms with Crippen LogP contribution in [0.1, 0.15) is 13.8 Å². The first-order valence-electron chi connectivity index (χ1n) is 5.05. The third-order valence-electron chi connectivity index (χ3n) is 1.82. The first kappa shape index (κ1) is 12.4. The van der Waals surface area contributed by atoms with Crippen LogP contribution in [0.15, 0.2) is 24.3 Å². The van der Waals surface area contributed by atoms with Gasteiger partial charge in [-0.2, -0.15) is 0 Å². The van der Waals surface area contributed by atoms with Gasteiger partial charge in [-0.15, -0.1) is 0 Å². The van der Waals surface area contributed by atoms with Gasteiger partial charge < -0.3 is 16.0 Å². The minimum Gasteiger partial charge on any atom is -0.363 e. The summed E-state index contributed by atoms with van der Waals surface area (Å²) >= 11 is 5.07. The van der Waals surface area contributed by atoms with Crippen LogP contribution < -0.4 is 16.0 Å². The highest BCUT2D eigenvalue weighted by atomic mass is 32.1. The molecular weight excluding hydrogens is 222 g/mol. The average Bonchev–Trinajstić information content (AvgIpc) is 2.20. The number of hydrogen-bond acceptors (Lipinski definition) is 2. The molecule has 3 N–H and O–H groups in total. The zero-order chi connectivity index (χ0) is 12.0. The van der Waals surface area contributed by atoms with Gasteiger partial charge >= 0.3 is 0 Å². The summed E-state index contributed by atoms with van der Waals surface area (Å²) in [6, 6.07) is 7.40. The molecule has 1 rings (SSSR count). The molecule has 5 heteroatoms. The molecule has 1 amide bonds. The number of amides is 1. The van der Waals surface area contributed by atoms with Crippen molar-refractivity contribution < 1.29 is 4.79 Å². The maximum atomic E-state index is 11.0. The molecule has 0 radical (unpaired) electrons. The van der Waals surface area contributed by atoms with E-state index < -0.39 is 0 Å². The van der Waals surface area contributed by atoms with E-state index in [0.29, 0.717) is 5.11 Å². The second-order valence-corrected chi connectivity index (χ2v) is 3.62. The van der Waals surface area contributed by atoms with Crippen molar-refractivity contribution in [2.24, 2.45) is 0 Å². The van der Waals surface area contributed by atoms with Crippen LogP contribution in [0.5, 0.6) is 0 Å². The standard InChI is InChI=1S/C11H15N3OS/c1-3-12-11(16)14-10-7-5-4-6-9(10)13-8(2)15/h4-7H,3H2,1-2H3,(H,13,15)(H2,12,14,16). The lowest BCUT2D eigenvalue weighted by Gasteiger charge is -2.13. The predicted molar refractivity (Wildman–Crippen MR) is 70.6 cm³/mol. The zero-order valence-corrected chi connectivity index (χ0v) is 10.1. The molecule has 0 bridgehead atoms. The van der Waals surface area contributed by atoms with Crippen molar-refractivity contribution in [2.75, 3.05) is 17.2 Å². The fraction of sp³-hybridized carbons (Fsp3) is 0.273. The van der Waals surface area contributed by atoms with Crippen LogP contribution >= 0.6 is 12.2 Å². The smallest absolute Gasteiger partial charge is 0.221 e. The highest BCUT2D eigenvalue weighted by Gasteiger charge is 2.03. The van der Waals surface area contributed by atoms with Crippen LogP contribution in [-0.4, -0.2) is 17.6 Å². The summed E-state index contributed by atoms with van der Waals surface area (Å²) < 4.78 is 0. The maximum absolute atomic E-state index is 11.0. The van der Waals surface area contributed by atoms with Crippen molar-refractivity contribution in [3.05, 3.63) is 24.3 Å². The maximum Gasteiger partial charge on any atom is 0.221 e. The normalized spacial score (nSPS) is 9.38. The molecule has 1 aromatic carbocycles. The Morgan fingerprint density at radius 2 is 1.81 bits per heavy atom. The summed E-state index contributed by atoms with van der Waals surface area (Å²) in [4.78, 5) is 11.0. The summed E-state index contributed by atoms with van der Waals surface area (Å²) in [6.45, 7) is 4.20. The van der Waals surface area contributed by atoms with Crippen molar-refractivity contribution in [1.82, 2.24) is 5.32 Å². The first-order chi connectivity index (χ1) is 7.63. The molecule has 0 fully saturated rings. The summed E-state index contributed by atoms with van der Waals surface area (Å²) in [7, 11) is 0. The highest BCUT2D eigenvalue weighted by Crippen LogP contribution is 2.20. The Balaban J connectivity index is 2.78. The Labute approximate surface area is 100 Å². The van der Waals surface area contributed by atoms with Crippen molar-refractivity contribution in [3.8, 4) is 0 Å². The van der Waals surface area contributed by atoms with Gasteiger partial charge in [0.15, 0.2) is 5.11 Å². The van der Waals surface area contributed by atoms with Crippen LogP contribution in [0.2, 0.25) is 0 Å². The number of nitrogens with one attached hydrogen (secondary N) is 3. The Hall–Kier alpha value is -1.62. The molecule has 4 nitrogen and oxygen atoms in total. The molecule has 0 saturated heterocycles. The Kier molecular flexibility index (Phi) is 4.72. The van der Waals surface area contributed by atoms with Gasteiger partial charge in [0.2, 0.25) is 5.91 Å². The largest absolute Gasteiger partial charge is 0.363 e. The first-order valence-corrected chi connectivity index (χ1v) is 5.45. The van der Waals surface area contributed by atoms with Crippen LogP contribution in [0, 0.1) is 0 Å². The minimum absolute atomic E-state index is 0.108. The zero-order valence-electron chi connectivity index (χ0n) is 9.33. The van der Waals surface area contributed by atoms with E-state index in [-0.39, 0.29) is 5.91 Å². The van der Waals surface area contributed by atoms with Gasteiger partial charge in [-0.05, 0) is 31.3 Å². The Morgan fingerprint density at radius 1 is 1.25 bits per heavy atom. The average molecular weight is 237 g/mol. The van der Waals surface area contributed by atoms with E-state index in [4.69, 9.17) is 12.2 Å². The third-order valence-corrected chi connectivity index (χ3v) is 2.07. The second kappa shape index (κ2) is 6.07. The monoisotopic (exact) mass is 237 g/mol. The number of anilines is 2. The van der Waals surface area contributed by atoms with Crippen LogP contribution in [0.3, 0.4) is 0 Å². The molecule has 0 spiro atoms. The second-order valence-electron chi connectivity index (χ2n) is 3.21. The summed E-state index contributed by atoms with van der Waals surface area (Å²) in [5.74, 6) is -0.108.